The molecule has 1 aromatic carbocycles. The first-order valence-corrected chi connectivity index (χ1v) is 9.74. The quantitative estimate of drug-likeness (QED) is 0.573. The molecule has 0 saturated carbocycles. The van der Waals surface area contributed by atoms with E-state index in [1.54, 1.807) is 0 Å². The number of rotatable bonds is 6. The normalized spacial score (nSPS) is 16.4. The first-order valence-electron chi connectivity index (χ1n) is 7.92. The molecule has 1 fully saturated rings. The lowest BCUT2D eigenvalue weighted by Gasteiger charge is -2.31. The van der Waals surface area contributed by atoms with Gasteiger partial charge in [0.2, 0.25) is 10.0 Å². The molecule has 0 atom stereocenters. The highest BCUT2D eigenvalue weighted by Gasteiger charge is 2.31. The average Bonchev–Trinajstić information content (AvgIpc) is 2.55. The highest BCUT2D eigenvalue weighted by Crippen LogP contribution is 2.32. The molecule has 0 unspecified atom stereocenters. The van der Waals surface area contributed by atoms with Crippen LogP contribution in [-0.4, -0.2) is 43.8 Å². The number of hydrogen-bond acceptors (Lipinski definition) is 5. The second kappa shape index (κ2) is 9.14. The van der Waals surface area contributed by atoms with E-state index in [1.165, 1.54) is 17.3 Å². The molecule has 0 bridgehead atoms. The third-order valence-corrected chi connectivity index (χ3v) is 6.65. The predicted molar refractivity (Wildman–Crippen MR) is 100 cm³/mol. The first kappa shape index (κ1) is 22.1. The lowest BCUT2D eigenvalue weighted by molar-refractivity contribution is -0.385. The second-order valence-electron chi connectivity index (χ2n) is 5.96. The van der Waals surface area contributed by atoms with Crippen LogP contribution in [-0.2, 0) is 10.0 Å². The van der Waals surface area contributed by atoms with Crippen molar-refractivity contribution < 1.29 is 13.3 Å². The fourth-order valence-electron chi connectivity index (χ4n) is 2.83. The van der Waals surface area contributed by atoms with Gasteiger partial charge in [-0.3, -0.25) is 10.1 Å². The molecule has 1 N–H and O–H groups in total. The van der Waals surface area contributed by atoms with Crippen molar-refractivity contribution in [2.75, 3.05) is 26.2 Å². The Hall–Kier alpha value is -0.930. The van der Waals surface area contributed by atoms with Gasteiger partial charge in [-0.2, -0.15) is 4.31 Å². The Morgan fingerprint density at radius 3 is 2.48 bits per heavy atom. The van der Waals surface area contributed by atoms with E-state index in [1.807, 2.05) is 6.92 Å². The minimum Gasteiger partial charge on any atom is -0.317 e. The summed E-state index contributed by atoms with van der Waals surface area (Å²) in [5.74, 6) is 0.451. The third-order valence-electron chi connectivity index (χ3n) is 4.38. The zero-order valence-electron chi connectivity index (χ0n) is 14.2. The van der Waals surface area contributed by atoms with Gasteiger partial charge in [-0.15, -0.1) is 12.4 Å². The van der Waals surface area contributed by atoms with Gasteiger partial charge in [0.1, 0.15) is 0 Å². The van der Waals surface area contributed by atoms with Crippen LogP contribution in [0.5, 0.6) is 0 Å². The van der Waals surface area contributed by atoms with Crippen molar-refractivity contribution >= 4 is 39.7 Å². The number of nitro groups is 1. The highest BCUT2D eigenvalue weighted by atomic mass is 35.5. The minimum atomic E-state index is -3.78. The Bertz CT molecular complexity index is 720. The zero-order valence-corrected chi connectivity index (χ0v) is 16.6. The van der Waals surface area contributed by atoms with Crippen molar-refractivity contribution in [2.45, 2.75) is 31.6 Å². The molecule has 0 aromatic heterocycles. The van der Waals surface area contributed by atoms with E-state index in [9.17, 15) is 18.5 Å². The van der Waals surface area contributed by atoms with E-state index in [-0.39, 0.29) is 33.6 Å². The maximum atomic E-state index is 12.8. The molecule has 25 heavy (non-hydrogen) atoms. The van der Waals surface area contributed by atoms with Crippen molar-refractivity contribution in [1.29, 1.82) is 0 Å². The summed E-state index contributed by atoms with van der Waals surface area (Å²) >= 11 is 5.99. The number of sulfonamides is 1. The van der Waals surface area contributed by atoms with Gasteiger partial charge in [-0.25, -0.2) is 8.42 Å². The van der Waals surface area contributed by atoms with Crippen molar-refractivity contribution in [3.05, 3.63) is 32.8 Å². The maximum Gasteiger partial charge on any atom is 0.275 e. The Morgan fingerprint density at radius 2 is 1.96 bits per heavy atom. The van der Waals surface area contributed by atoms with Crippen LogP contribution in [0.4, 0.5) is 5.69 Å². The minimum absolute atomic E-state index is 0. The van der Waals surface area contributed by atoms with E-state index in [0.717, 1.165) is 32.0 Å². The van der Waals surface area contributed by atoms with Crippen LogP contribution in [0.15, 0.2) is 17.0 Å². The van der Waals surface area contributed by atoms with Gasteiger partial charge < -0.3 is 5.32 Å². The van der Waals surface area contributed by atoms with Crippen LogP contribution in [0, 0.1) is 23.0 Å². The SMILES string of the molecule is CCNCC1CCN(S(=O)(=O)c2cc(Cl)c(C)c([N+](=O)[O-])c2)CC1.Cl. The number of nitro benzene ring substituents is 1. The third kappa shape index (κ3) is 5.04. The second-order valence-corrected chi connectivity index (χ2v) is 8.31. The number of nitrogens with zero attached hydrogens (tertiary/aromatic N) is 2. The smallest absolute Gasteiger partial charge is 0.275 e. The fraction of sp³-hybridized carbons (Fsp3) is 0.600. The molecule has 0 spiro atoms. The Kier molecular flexibility index (Phi) is 8.08. The van der Waals surface area contributed by atoms with Crippen LogP contribution < -0.4 is 5.32 Å². The average molecular weight is 412 g/mol. The molecule has 1 aromatic rings. The molecule has 0 amide bonds. The Morgan fingerprint density at radius 1 is 1.36 bits per heavy atom. The van der Waals surface area contributed by atoms with Gasteiger partial charge in [-0.1, -0.05) is 18.5 Å². The summed E-state index contributed by atoms with van der Waals surface area (Å²) in [6, 6.07) is 2.39. The van der Waals surface area contributed by atoms with Crippen LogP contribution in [0.2, 0.25) is 5.02 Å². The van der Waals surface area contributed by atoms with Gasteiger partial charge in [0.15, 0.2) is 0 Å². The van der Waals surface area contributed by atoms with Crippen LogP contribution in [0.1, 0.15) is 25.3 Å². The van der Waals surface area contributed by atoms with Crippen molar-refractivity contribution in [2.24, 2.45) is 5.92 Å². The van der Waals surface area contributed by atoms with Gasteiger partial charge in [0, 0.05) is 24.7 Å². The summed E-state index contributed by atoms with van der Waals surface area (Å²) in [6.07, 6.45) is 1.54. The maximum absolute atomic E-state index is 12.8. The summed E-state index contributed by atoms with van der Waals surface area (Å²) in [4.78, 5) is 10.4. The summed E-state index contributed by atoms with van der Waals surface area (Å²) in [5, 5.41) is 14.5. The Balaban J connectivity index is 0.00000312. The van der Waals surface area contributed by atoms with E-state index in [4.69, 9.17) is 11.6 Å². The van der Waals surface area contributed by atoms with E-state index in [0.29, 0.717) is 19.0 Å². The molecule has 10 heteroatoms. The summed E-state index contributed by atoms with van der Waals surface area (Å²) in [7, 11) is -3.78. The van der Waals surface area contributed by atoms with E-state index < -0.39 is 14.9 Å². The predicted octanol–water partition coefficient (Wildman–Crippen LogP) is 2.99. The van der Waals surface area contributed by atoms with Crippen LogP contribution in [0.25, 0.3) is 0 Å². The molecule has 1 aliphatic rings. The molecule has 2 rings (SSSR count). The molecular weight excluding hydrogens is 389 g/mol. The monoisotopic (exact) mass is 411 g/mol. The molecule has 7 nitrogen and oxygen atoms in total. The topological polar surface area (TPSA) is 92.6 Å². The van der Waals surface area contributed by atoms with Crippen LogP contribution >= 0.6 is 24.0 Å². The lowest BCUT2D eigenvalue weighted by atomic mass is 9.98. The summed E-state index contributed by atoms with van der Waals surface area (Å²) in [6.45, 7) is 6.14. The number of hydrogen-bond donors (Lipinski definition) is 1. The van der Waals surface area contributed by atoms with Gasteiger partial charge in [0.05, 0.1) is 14.8 Å². The number of nitrogens with one attached hydrogen (secondary N) is 1. The first-order chi connectivity index (χ1) is 11.3. The standard InChI is InChI=1S/C15H22ClN3O4S.ClH/c1-3-17-10-12-4-6-18(7-5-12)24(22,23)13-8-14(16)11(2)15(9-13)19(20)21;/h8-9,12,17H,3-7,10H2,1-2H3;1H. The van der Waals surface area contributed by atoms with Crippen molar-refractivity contribution in [1.82, 2.24) is 9.62 Å². The molecular formula is C15H23Cl2N3O4S. The number of halogens is 2. The molecule has 1 heterocycles. The largest absolute Gasteiger partial charge is 0.317 e. The molecule has 1 aliphatic heterocycles. The van der Waals surface area contributed by atoms with Crippen molar-refractivity contribution in [3.63, 3.8) is 0 Å². The van der Waals surface area contributed by atoms with Gasteiger partial charge in [-0.05, 0) is 44.8 Å². The molecule has 0 radical (unpaired) electrons. The highest BCUT2D eigenvalue weighted by molar-refractivity contribution is 7.89. The molecule has 0 aliphatic carbocycles. The molecule has 1 saturated heterocycles. The Labute approximate surface area is 159 Å². The number of piperidine rings is 1. The van der Waals surface area contributed by atoms with E-state index in [2.05, 4.69) is 5.32 Å². The van der Waals surface area contributed by atoms with Crippen molar-refractivity contribution in [3.8, 4) is 0 Å². The zero-order chi connectivity index (χ0) is 17.9. The summed E-state index contributed by atoms with van der Waals surface area (Å²) in [5.41, 5.74) is -0.00642. The fourth-order valence-corrected chi connectivity index (χ4v) is 4.63. The van der Waals surface area contributed by atoms with Gasteiger partial charge in [0.25, 0.3) is 5.69 Å². The van der Waals surface area contributed by atoms with Crippen LogP contribution in [0.3, 0.4) is 0 Å². The van der Waals surface area contributed by atoms with E-state index >= 15 is 0 Å². The number of benzene rings is 1. The van der Waals surface area contributed by atoms with Gasteiger partial charge >= 0.3 is 0 Å². The molecule has 142 valence electrons. The summed E-state index contributed by atoms with van der Waals surface area (Å²) < 4.78 is 26.9. The lowest BCUT2D eigenvalue weighted by Crippen LogP contribution is -2.40.